The summed E-state index contributed by atoms with van der Waals surface area (Å²) in [7, 11) is 0. The van der Waals surface area contributed by atoms with Crippen molar-refractivity contribution in [3.8, 4) is 0 Å². The van der Waals surface area contributed by atoms with Gasteiger partial charge in [-0.1, -0.05) is 23.2 Å². The summed E-state index contributed by atoms with van der Waals surface area (Å²) in [5, 5.41) is 4.02. The van der Waals surface area contributed by atoms with Crippen LogP contribution >= 0.6 is 39.1 Å². The number of nitrogens with zero attached hydrogens (tertiary/aromatic N) is 2. The number of pyridine rings is 1. The zero-order valence-corrected chi connectivity index (χ0v) is 19.1. The summed E-state index contributed by atoms with van der Waals surface area (Å²) in [5.74, 6) is -0.367. The van der Waals surface area contributed by atoms with Gasteiger partial charge < -0.3 is 20.7 Å². The first-order valence-electron chi connectivity index (χ1n) is 9.16. The molecule has 3 heterocycles. The molecule has 2 aromatic rings. The Kier molecular flexibility index (Phi) is 5.03. The minimum Gasteiger partial charge on any atom is -0.444 e. The summed E-state index contributed by atoms with van der Waals surface area (Å²) in [6, 6.07) is 1.52. The molecule has 6 nitrogen and oxygen atoms in total. The van der Waals surface area contributed by atoms with Crippen molar-refractivity contribution in [2.75, 3.05) is 17.6 Å². The van der Waals surface area contributed by atoms with Crippen molar-refractivity contribution in [3.05, 3.63) is 26.5 Å². The highest BCUT2D eigenvalue weighted by Gasteiger charge is 2.55. The molecule has 0 spiro atoms. The van der Waals surface area contributed by atoms with Crippen LogP contribution < -0.4 is 11.1 Å². The number of anilines is 2. The van der Waals surface area contributed by atoms with Gasteiger partial charge in [-0.3, -0.25) is 0 Å². The lowest BCUT2D eigenvalue weighted by molar-refractivity contribution is 0.0239. The van der Waals surface area contributed by atoms with Crippen LogP contribution in [0.5, 0.6) is 0 Å². The lowest BCUT2D eigenvalue weighted by Crippen LogP contribution is -2.50. The molecule has 10 heteroatoms. The molecule has 1 amide bonds. The first kappa shape index (κ1) is 20.8. The fraction of sp³-hybridized carbons (Fsp3) is 0.474. The number of halogens is 4. The van der Waals surface area contributed by atoms with Gasteiger partial charge in [0.05, 0.1) is 33.0 Å². The maximum atomic E-state index is 14.7. The molecule has 1 saturated carbocycles. The Morgan fingerprint density at radius 3 is 2.79 bits per heavy atom. The molecule has 1 aromatic carbocycles. The molecule has 156 valence electrons. The molecule has 0 radical (unpaired) electrons. The van der Waals surface area contributed by atoms with Gasteiger partial charge in [0.1, 0.15) is 11.1 Å². The number of rotatable bonds is 2. The van der Waals surface area contributed by atoms with E-state index in [1.54, 1.807) is 11.0 Å². The molecular weight excluding hydrogens is 486 g/mol. The molecule has 5 rings (SSSR count). The molecule has 3 aliphatic rings. The van der Waals surface area contributed by atoms with E-state index in [-0.39, 0.29) is 49.9 Å². The summed E-state index contributed by atoms with van der Waals surface area (Å²) in [6.07, 6.45) is 0.534. The number of aromatic nitrogens is 1. The second-order valence-electron chi connectivity index (χ2n) is 8.44. The minimum absolute atomic E-state index is 0.00351. The Bertz CT molecular complexity index is 1030. The van der Waals surface area contributed by atoms with Crippen LogP contribution in [0.1, 0.15) is 27.2 Å². The van der Waals surface area contributed by atoms with Gasteiger partial charge in [-0.25, -0.2) is 14.2 Å². The molecule has 3 fully saturated rings. The van der Waals surface area contributed by atoms with E-state index in [1.807, 2.05) is 20.8 Å². The Hall–Kier alpha value is -1.51. The monoisotopic (exact) mass is 504 g/mol. The van der Waals surface area contributed by atoms with Crippen LogP contribution in [0.4, 0.5) is 20.6 Å². The molecular formula is C19H20BrCl2FN4O2. The molecule has 2 bridgehead atoms. The normalized spacial score (nSPS) is 23.3. The average Bonchev–Trinajstić information content (AvgIpc) is 3.20. The Balaban J connectivity index is 1.66. The second-order valence-corrected chi connectivity index (χ2v) is 10.00. The standard InChI is InChI=1S/C19H20BrCl2FN4O2/c1-19(2,3)29-18(28)27-6-7-4-10(27)14(7)25-16-8-5-9(21)11(20)12(23)15(8)26-17(22)13(16)24/h5,7,10,14H,4,6,24H2,1-3H3,(H,25,26). The summed E-state index contributed by atoms with van der Waals surface area (Å²) < 4.78 is 20.3. The van der Waals surface area contributed by atoms with E-state index in [0.717, 1.165) is 6.42 Å². The van der Waals surface area contributed by atoms with Crippen LogP contribution in [-0.4, -0.2) is 40.2 Å². The topological polar surface area (TPSA) is 80.5 Å². The fourth-order valence-electron chi connectivity index (χ4n) is 3.98. The van der Waals surface area contributed by atoms with Gasteiger partial charge in [0.25, 0.3) is 0 Å². The third-order valence-corrected chi connectivity index (χ3v) is 6.93. The molecule has 29 heavy (non-hydrogen) atoms. The van der Waals surface area contributed by atoms with Gasteiger partial charge in [0, 0.05) is 17.8 Å². The average molecular weight is 506 g/mol. The van der Waals surface area contributed by atoms with Crippen molar-refractivity contribution in [2.24, 2.45) is 5.92 Å². The van der Waals surface area contributed by atoms with Crippen molar-refractivity contribution in [1.29, 1.82) is 0 Å². The van der Waals surface area contributed by atoms with Gasteiger partial charge >= 0.3 is 6.09 Å². The number of fused-ring (bicyclic) bond motifs is 2. The third kappa shape index (κ3) is 3.49. The first-order valence-corrected chi connectivity index (χ1v) is 10.7. The van der Waals surface area contributed by atoms with Crippen LogP contribution in [0.25, 0.3) is 10.9 Å². The Morgan fingerprint density at radius 1 is 1.45 bits per heavy atom. The molecule has 3 N–H and O–H groups in total. The smallest absolute Gasteiger partial charge is 0.410 e. The maximum Gasteiger partial charge on any atom is 0.410 e. The van der Waals surface area contributed by atoms with Crippen LogP contribution in [0, 0.1) is 11.7 Å². The number of nitrogen functional groups attached to an aromatic ring is 1. The molecule has 1 aliphatic carbocycles. The van der Waals surface area contributed by atoms with Crippen LogP contribution in [0.15, 0.2) is 10.5 Å². The predicted octanol–water partition coefficient (Wildman–Crippen LogP) is 5.45. The number of carbonyl (C=O) groups is 1. The van der Waals surface area contributed by atoms with Gasteiger partial charge in [-0.2, -0.15) is 0 Å². The Labute approximate surface area is 186 Å². The highest BCUT2D eigenvalue weighted by molar-refractivity contribution is 9.10. The molecule has 2 saturated heterocycles. The first-order chi connectivity index (χ1) is 13.5. The lowest BCUT2D eigenvalue weighted by Gasteiger charge is -2.38. The van der Waals surface area contributed by atoms with E-state index in [1.165, 1.54) is 0 Å². The van der Waals surface area contributed by atoms with Crippen LogP contribution in [0.2, 0.25) is 10.2 Å². The second kappa shape index (κ2) is 7.03. The lowest BCUT2D eigenvalue weighted by atomic mass is 9.79. The van der Waals surface area contributed by atoms with Crippen molar-refractivity contribution in [3.63, 3.8) is 0 Å². The quantitative estimate of drug-likeness (QED) is 0.419. The summed E-state index contributed by atoms with van der Waals surface area (Å²) in [6.45, 7) is 6.10. The fourth-order valence-corrected chi connectivity index (χ4v) is 4.65. The number of nitrogens with one attached hydrogen (secondary N) is 1. The van der Waals surface area contributed by atoms with Crippen LogP contribution in [-0.2, 0) is 4.74 Å². The highest BCUT2D eigenvalue weighted by atomic mass is 79.9. The van der Waals surface area contributed by atoms with E-state index in [9.17, 15) is 9.18 Å². The Morgan fingerprint density at radius 2 is 2.14 bits per heavy atom. The van der Waals surface area contributed by atoms with E-state index >= 15 is 0 Å². The van der Waals surface area contributed by atoms with Crippen molar-refractivity contribution >= 4 is 67.5 Å². The van der Waals surface area contributed by atoms with Gasteiger partial charge in [-0.15, -0.1) is 0 Å². The van der Waals surface area contributed by atoms with E-state index < -0.39 is 11.4 Å². The van der Waals surface area contributed by atoms with Crippen molar-refractivity contribution < 1.29 is 13.9 Å². The number of ether oxygens (including phenoxy) is 1. The van der Waals surface area contributed by atoms with Crippen molar-refractivity contribution in [1.82, 2.24) is 9.88 Å². The van der Waals surface area contributed by atoms with Gasteiger partial charge in [0.2, 0.25) is 0 Å². The number of carbonyl (C=O) groups excluding carboxylic acids is 1. The largest absolute Gasteiger partial charge is 0.444 e. The zero-order valence-electron chi connectivity index (χ0n) is 16.0. The number of hydrogen-bond donors (Lipinski definition) is 2. The van der Waals surface area contributed by atoms with E-state index in [2.05, 4.69) is 26.2 Å². The SMILES string of the molecule is CC(C)(C)OC(=O)N1CC2CC1C2Nc1c(N)c(Cl)nc2c(F)c(Br)c(Cl)cc12. The molecule has 1 aromatic heterocycles. The highest BCUT2D eigenvalue weighted by Crippen LogP contribution is 2.46. The number of nitrogens with two attached hydrogens (primary N) is 1. The molecule has 3 atom stereocenters. The van der Waals surface area contributed by atoms with Gasteiger partial charge in [0.15, 0.2) is 11.0 Å². The van der Waals surface area contributed by atoms with E-state index in [0.29, 0.717) is 17.6 Å². The number of amides is 1. The van der Waals surface area contributed by atoms with Gasteiger partial charge in [-0.05, 0) is 49.2 Å². The number of hydrogen-bond acceptors (Lipinski definition) is 5. The third-order valence-electron chi connectivity index (χ3n) is 5.34. The minimum atomic E-state index is -0.607. The molecule has 2 aliphatic heterocycles. The van der Waals surface area contributed by atoms with Crippen LogP contribution in [0.3, 0.4) is 0 Å². The summed E-state index contributed by atoms with van der Waals surface area (Å²) in [5.41, 5.74) is 6.36. The summed E-state index contributed by atoms with van der Waals surface area (Å²) in [4.78, 5) is 18.3. The zero-order chi connectivity index (χ0) is 21.2. The van der Waals surface area contributed by atoms with Crippen molar-refractivity contribution in [2.45, 2.75) is 44.9 Å². The number of benzene rings is 1. The van der Waals surface area contributed by atoms with E-state index in [4.69, 9.17) is 33.7 Å². The maximum absolute atomic E-state index is 14.7. The molecule has 3 unspecified atom stereocenters. The predicted molar refractivity (Wildman–Crippen MR) is 116 cm³/mol. The summed E-state index contributed by atoms with van der Waals surface area (Å²) >= 11 is 15.4.